The number of piperidine rings is 1. The molecule has 0 spiro atoms. The molecule has 1 aromatic rings. The minimum absolute atomic E-state index is 0.342. The van der Waals surface area contributed by atoms with Crippen LogP contribution in [0.2, 0.25) is 0 Å². The largest absolute Gasteiger partial charge is 0.387 e. The molecule has 3 aliphatic rings. The molecule has 2 heterocycles. The second-order valence-corrected chi connectivity index (χ2v) is 7.44. The highest BCUT2D eigenvalue weighted by molar-refractivity contribution is 5.68. The van der Waals surface area contributed by atoms with Crippen molar-refractivity contribution in [1.29, 1.82) is 5.26 Å². The summed E-state index contributed by atoms with van der Waals surface area (Å²) in [5.74, 6) is 0.342. The van der Waals surface area contributed by atoms with Gasteiger partial charge in [0.15, 0.2) is 0 Å². The molecule has 0 amide bonds. The molecule has 0 aromatic heterocycles. The van der Waals surface area contributed by atoms with Crippen molar-refractivity contribution in [3.05, 3.63) is 58.3 Å². The van der Waals surface area contributed by atoms with E-state index < -0.39 is 0 Å². The highest BCUT2D eigenvalue weighted by atomic mass is 15.0. The van der Waals surface area contributed by atoms with E-state index in [4.69, 9.17) is 0 Å². The summed E-state index contributed by atoms with van der Waals surface area (Å²) < 4.78 is 0. The number of nitrogens with one attached hydrogen (secondary N) is 3. The minimum atomic E-state index is 0.342. The van der Waals surface area contributed by atoms with Crippen molar-refractivity contribution < 1.29 is 0 Å². The maximum Gasteiger partial charge on any atom is 0.0990 e. The van der Waals surface area contributed by atoms with Crippen LogP contribution < -0.4 is 16.0 Å². The van der Waals surface area contributed by atoms with E-state index in [1.807, 2.05) is 13.1 Å². The lowest BCUT2D eigenvalue weighted by atomic mass is 9.84. The van der Waals surface area contributed by atoms with Crippen LogP contribution in [0.5, 0.6) is 0 Å². The third-order valence-electron chi connectivity index (χ3n) is 5.67. The highest BCUT2D eigenvalue weighted by Gasteiger charge is 2.21. The maximum absolute atomic E-state index is 9.21. The van der Waals surface area contributed by atoms with Gasteiger partial charge in [0.1, 0.15) is 0 Å². The molecule has 0 saturated carbocycles. The van der Waals surface area contributed by atoms with Gasteiger partial charge in [-0.1, -0.05) is 18.2 Å². The van der Waals surface area contributed by atoms with E-state index in [-0.39, 0.29) is 0 Å². The highest BCUT2D eigenvalue weighted by Crippen LogP contribution is 2.35. The normalized spacial score (nSPS) is 22.5. The number of allylic oxidation sites excluding steroid dienone is 4. The Morgan fingerprint density at radius 1 is 1.23 bits per heavy atom. The molecule has 1 atom stereocenters. The number of anilines is 1. The molecule has 0 bridgehead atoms. The second kappa shape index (κ2) is 7.39. The Hall–Kier alpha value is -2.51. The Bertz CT molecular complexity index is 819. The maximum atomic E-state index is 9.21. The number of rotatable bonds is 3. The lowest BCUT2D eigenvalue weighted by Gasteiger charge is -2.28. The molecule has 1 aromatic carbocycles. The van der Waals surface area contributed by atoms with Crippen molar-refractivity contribution in [2.45, 2.75) is 44.7 Å². The Kier molecular flexibility index (Phi) is 4.81. The van der Waals surface area contributed by atoms with Gasteiger partial charge < -0.3 is 16.0 Å². The number of hydrogen-bond acceptors (Lipinski definition) is 4. The fourth-order valence-corrected chi connectivity index (χ4v) is 4.13. The number of fused-ring (bicyclic) bond motifs is 1. The SMILES string of the molecule is CC1=CC(c2cc3c(c(NC4CCNCC4)c2)CNC=C3)CC=C1C#N. The monoisotopic (exact) mass is 346 g/mol. The van der Waals surface area contributed by atoms with E-state index in [1.165, 1.54) is 35.2 Å². The van der Waals surface area contributed by atoms with Crippen molar-refractivity contribution in [2.24, 2.45) is 0 Å². The minimum Gasteiger partial charge on any atom is -0.387 e. The molecule has 1 saturated heterocycles. The van der Waals surface area contributed by atoms with Crippen molar-refractivity contribution >= 4 is 11.8 Å². The standard InChI is InChI=1S/C22H26N4/c1-15-10-16(2-3-18(15)13-23)19-11-17-4-7-25-14-21(17)22(12-19)26-20-5-8-24-9-6-20/h3-4,7,10-12,16,20,24-26H,2,5-6,8-9,14H2,1H3. The summed E-state index contributed by atoms with van der Waals surface area (Å²) in [7, 11) is 0. The van der Waals surface area contributed by atoms with Gasteiger partial charge in [-0.15, -0.1) is 0 Å². The van der Waals surface area contributed by atoms with Crippen LogP contribution in [-0.2, 0) is 6.54 Å². The summed E-state index contributed by atoms with van der Waals surface area (Å²) in [5.41, 5.74) is 7.17. The molecule has 1 aliphatic carbocycles. The van der Waals surface area contributed by atoms with E-state index in [2.05, 4.69) is 52.4 Å². The summed E-state index contributed by atoms with van der Waals surface area (Å²) in [6, 6.07) is 7.49. The van der Waals surface area contributed by atoms with Crippen LogP contribution in [-0.4, -0.2) is 19.1 Å². The van der Waals surface area contributed by atoms with E-state index in [1.54, 1.807) is 0 Å². The van der Waals surface area contributed by atoms with Gasteiger partial charge in [0, 0.05) is 29.8 Å². The van der Waals surface area contributed by atoms with Crippen molar-refractivity contribution in [2.75, 3.05) is 18.4 Å². The quantitative estimate of drug-likeness (QED) is 0.779. The van der Waals surface area contributed by atoms with Crippen LogP contribution in [0.3, 0.4) is 0 Å². The molecule has 1 unspecified atom stereocenters. The summed E-state index contributed by atoms with van der Waals surface area (Å²) in [4.78, 5) is 0. The molecule has 3 N–H and O–H groups in total. The molecular formula is C22H26N4. The van der Waals surface area contributed by atoms with Gasteiger partial charge in [0.2, 0.25) is 0 Å². The number of hydrogen-bond donors (Lipinski definition) is 3. The predicted octanol–water partition coefficient (Wildman–Crippen LogP) is 3.81. The first-order chi connectivity index (χ1) is 12.7. The smallest absolute Gasteiger partial charge is 0.0990 e. The topological polar surface area (TPSA) is 59.9 Å². The van der Waals surface area contributed by atoms with E-state index in [0.717, 1.165) is 37.2 Å². The summed E-state index contributed by atoms with van der Waals surface area (Å²) >= 11 is 0. The van der Waals surface area contributed by atoms with E-state index in [9.17, 15) is 5.26 Å². The first-order valence-corrected chi connectivity index (χ1v) is 9.57. The van der Waals surface area contributed by atoms with Crippen LogP contribution in [0.25, 0.3) is 6.08 Å². The fourth-order valence-electron chi connectivity index (χ4n) is 4.13. The van der Waals surface area contributed by atoms with Crippen molar-refractivity contribution in [1.82, 2.24) is 10.6 Å². The summed E-state index contributed by atoms with van der Waals surface area (Å²) in [6.07, 6.45) is 11.8. The first-order valence-electron chi connectivity index (χ1n) is 9.57. The lowest BCUT2D eigenvalue weighted by molar-refractivity contribution is 0.478. The zero-order valence-electron chi connectivity index (χ0n) is 15.3. The van der Waals surface area contributed by atoms with Gasteiger partial charge >= 0.3 is 0 Å². The van der Waals surface area contributed by atoms with Crippen LogP contribution in [0.15, 0.2) is 41.6 Å². The molecular weight excluding hydrogens is 320 g/mol. The van der Waals surface area contributed by atoms with Gasteiger partial charge in [-0.2, -0.15) is 5.26 Å². The second-order valence-electron chi connectivity index (χ2n) is 7.44. The van der Waals surface area contributed by atoms with Crippen molar-refractivity contribution in [3.63, 3.8) is 0 Å². The molecule has 4 heteroatoms. The molecule has 134 valence electrons. The van der Waals surface area contributed by atoms with E-state index >= 15 is 0 Å². The Morgan fingerprint density at radius 3 is 2.85 bits per heavy atom. The van der Waals surface area contributed by atoms with Gasteiger partial charge in [0.25, 0.3) is 0 Å². The van der Waals surface area contributed by atoms with Gasteiger partial charge in [-0.3, -0.25) is 0 Å². The third-order valence-corrected chi connectivity index (χ3v) is 5.67. The number of nitriles is 1. The Morgan fingerprint density at radius 2 is 2.08 bits per heavy atom. The Balaban J connectivity index is 1.66. The molecule has 4 nitrogen and oxygen atoms in total. The Labute approximate surface area is 155 Å². The first kappa shape index (κ1) is 16.9. The van der Waals surface area contributed by atoms with Crippen LogP contribution in [0.4, 0.5) is 5.69 Å². The molecule has 26 heavy (non-hydrogen) atoms. The van der Waals surface area contributed by atoms with Crippen molar-refractivity contribution in [3.8, 4) is 6.07 Å². The molecule has 0 radical (unpaired) electrons. The third kappa shape index (κ3) is 3.40. The lowest BCUT2D eigenvalue weighted by Crippen LogP contribution is -2.35. The van der Waals surface area contributed by atoms with Gasteiger partial charge in [-0.05, 0) is 74.3 Å². The van der Waals surface area contributed by atoms with Gasteiger partial charge in [-0.25, -0.2) is 0 Å². The van der Waals surface area contributed by atoms with Gasteiger partial charge in [0.05, 0.1) is 11.6 Å². The molecule has 1 fully saturated rings. The zero-order chi connectivity index (χ0) is 17.9. The predicted molar refractivity (Wildman–Crippen MR) is 107 cm³/mol. The molecule has 4 rings (SSSR count). The fraction of sp³-hybridized carbons (Fsp3) is 0.409. The average Bonchev–Trinajstić information content (AvgIpc) is 2.68. The molecule has 2 aliphatic heterocycles. The van der Waals surface area contributed by atoms with E-state index in [0.29, 0.717) is 12.0 Å². The number of benzene rings is 1. The average molecular weight is 346 g/mol. The van der Waals surface area contributed by atoms with Crippen LogP contribution in [0, 0.1) is 11.3 Å². The summed E-state index contributed by atoms with van der Waals surface area (Å²) in [5, 5.41) is 19.8. The summed E-state index contributed by atoms with van der Waals surface area (Å²) in [6.45, 7) is 5.09. The zero-order valence-corrected chi connectivity index (χ0v) is 15.3. The number of nitrogens with zero attached hydrogens (tertiary/aromatic N) is 1. The van der Waals surface area contributed by atoms with Crippen LogP contribution in [0.1, 0.15) is 48.8 Å². The van der Waals surface area contributed by atoms with Crippen LogP contribution >= 0.6 is 0 Å².